The Morgan fingerprint density at radius 1 is 0.969 bits per heavy atom. The van der Waals surface area contributed by atoms with Gasteiger partial charge in [-0.15, -0.1) is 0 Å². The monoisotopic (exact) mass is 472 g/mol. The fourth-order valence-electron chi connectivity index (χ4n) is 3.75. The molecular weight excluding hydrogens is 453 g/mol. The van der Waals surface area contributed by atoms with E-state index in [1.165, 1.54) is 22.7 Å². The van der Waals surface area contributed by atoms with E-state index >= 15 is 0 Å². The summed E-state index contributed by atoms with van der Waals surface area (Å²) in [6.07, 6.45) is -2.67. The molecule has 0 spiro atoms. The van der Waals surface area contributed by atoms with Crippen LogP contribution in [0.25, 0.3) is 11.8 Å². The molecule has 0 atom stereocenters. The van der Waals surface area contributed by atoms with Crippen molar-refractivity contribution in [2.45, 2.75) is 26.9 Å². The van der Waals surface area contributed by atoms with Gasteiger partial charge in [0.25, 0.3) is 5.91 Å². The first-order chi connectivity index (χ1) is 15.1. The summed E-state index contributed by atoms with van der Waals surface area (Å²) in [6, 6.07) is 14.6. The second-order valence-electron chi connectivity index (χ2n) is 7.57. The first-order valence-electron chi connectivity index (χ1n) is 9.77. The maximum absolute atomic E-state index is 13.2. The molecule has 0 radical (unpaired) electrons. The highest BCUT2D eigenvalue weighted by molar-refractivity contribution is 8.27. The number of carbonyl (C=O) groups is 1. The number of thioether (sulfide) groups is 1. The van der Waals surface area contributed by atoms with Crippen LogP contribution in [0, 0.1) is 20.8 Å². The molecule has 32 heavy (non-hydrogen) atoms. The molecule has 0 aliphatic carbocycles. The van der Waals surface area contributed by atoms with Gasteiger partial charge in [-0.05, 0) is 74.4 Å². The van der Waals surface area contributed by atoms with Crippen molar-refractivity contribution >= 4 is 46.0 Å². The van der Waals surface area contributed by atoms with Gasteiger partial charge in [0.2, 0.25) is 0 Å². The molecule has 4 rings (SSSR count). The van der Waals surface area contributed by atoms with Gasteiger partial charge in [-0.1, -0.05) is 42.2 Å². The zero-order valence-electron chi connectivity index (χ0n) is 17.5. The summed E-state index contributed by atoms with van der Waals surface area (Å²) in [5.74, 6) is -0.213. The Morgan fingerprint density at radius 3 is 2.34 bits per heavy atom. The number of alkyl halides is 3. The Morgan fingerprint density at radius 2 is 1.66 bits per heavy atom. The van der Waals surface area contributed by atoms with Crippen LogP contribution in [-0.2, 0) is 11.0 Å². The number of nitrogens with zero attached hydrogens (tertiary/aromatic N) is 2. The van der Waals surface area contributed by atoms with Crippen LogP contribution in [0.5, 0.6) is 0 Å². The van der Waals surface area contributed by atoms with Crippen LogP contribution in [0.15, 0.2) is 59.5 Å². The van der Waals surface area contributed by atoms with E-state index in [0.717, 1.165) is 34.6 Å². The summed E-state index contributed by atoms with van der Waals surface area (Å²) in [6.45, 7) is 5.59. The van der Waals surface area contributed by atoms with Crippen molar-refractivity contribution in [3.8, 4) is 5.69 Å². The van der Waals surface area contributed by atoms with E-state index in [0.29, 0.717) is 20.6 Å². The highest BCUT2D eigenvalue weighted by Crippen LogP contribution is 2.37. The van der Waals surface area contributed by atoms with Crippen molar-refractivity contribution in [2.75, 3.05) is 4.90 Å². The zero-order chi connectivity index (χ0) is 23.2. The number of aryl methyl sites for hydroxylation is 2. The first-order valence-corrected chi connectivity index (χ1v) is 11.0. The second-order valence-corrected chi connectivity index (χ2v) is 9.24. The van der Waals surface area contributed by atoms with E-state index in [-0.39, 0.29) is 5.91 Å². The van der Waals surface area contributed by atoms with Gasteiger partial charge in [-0.25, -0.2) is 0 Å². The average molecular weight is 473 g/mol. The molecule has 1 aliphatic heterocycles. The SMILES string of the molecule is Cc1cccc(N2C(=O)/C(=C\c3cc(C)n(-c4cccc(C(F)(F)F)c4)c3C)SC2=S)c1. The third-order valence-electron chi connectivity index (χ3n) is 5.24. The van der Waals surface area contributed by atoms with Gasteiger partial charge in [0.05, 0.1) is 16.2 Å². The Kier molecular flexibility index (Phi) is 5.77. The molecule has 1 aliphatic rings. The largest absolute Gasteiger partial charge is 0.416 e. The fraction of sp³-hybridized carbons (Fsp3) is 0.167. The van der Waals surface area contributed by atoms with Gasteiger partial charge in [0.15, 0.2) is 4.32 Å². The highest BCUT2D eigenvalue weighted by Gasteiger charge is 2.34. The zero-order valence-corrected chi connectivity index (χ0v) is 19.2. The van der Waals surface area contributed by atoms with Gasteiger partial charge < -0.3 is 4.57 Å². The van der Waals surface area contributed by atoms with Crippen LogP contribution < -0.4 is 4.90 Å². The minimum Gasteiger partial charge on any atom is -0.318 e. The standard InChI is InChI=1S/C24H19F3N2OS2/c1-14-6-4-8-19(10-14)29-22(30)21(32-23(29)31)12-17-11-15(2)28(16(17)3)20-9-5-7-18(13-20)24(25,26)27/h4-13H,1-3H3/b21-12+. The number of anilines is 1. The third-order valence-corrected chi connectivity index (χ3v) is 6.54. The Balaban J connectivity index is 1.71. The fourth-order valence-corrected chi connectivity index (χ4v) is 5.04. The normalized spacial score (nSPS) is 15.8. The molecular formula is C24H19F3N2OS2. The number of benzene rings is 2. The third kappa shape index (κ3) is 4.12. The maximum atomic E-state index is 13.2. The molecule has 0 unspecified atom stereocenters. The average Bonchev–Trinajstić information content (AvgIpc) is 3.15. The van der Waals surface area contributed by atoms with Gasteiger partial charge in [-0.3, -0.25) is 9.69 Å². The quantitative estimate of drug-likeness (QED) is 0.309. The minimum absolute atomic E-state index is 0.213. The van der Waals surface area contributed by atoms with Crippen LogP contribution in [0.2, 0.25) is 0 Å². The number of amides is 1. The summed E-state index contributed by atoms with van der Waals surface area (Å²) in [7, 11) is 0. The van der Waals surface area contributed by atoms with Gasteiger partial charge in [0, 0.05) is 17.1 Å². The van der Waals surface area contributed by atoms with E-state index in [9.17, 15) is 18.0 Å². The summed E-state index contributed by atoms with van der Waals surface area (Å²) < 4.78 is 41.7. The predicted octanol–water partition coefficient (Wildman–Crippen LogP) is 6.83. The first kappa shape index (κ1) is 22.4. The van der Waals surface area contributed by atoms with Crippen LogP contribution in [-0.4, -0.2) is 14.8 Å². The molecule has 1 fully saturated rings. The smallest absolute Gasteiger partial charge is 0.318 e. The van der Waals surface area contributed by atoms with E-state index < -0.39 is 11.7 Å². The molecule has 1 aromatic heterocycles. The van der Waals surface area contributed by atoms with Crippen LogP contribution in [0.4, 0.5) is 18.9 Å². The Labute approximate surface area is 193 Å². The number of thiocarbonyl (C=S) groups is 1. The lowest BCUT2D eigenvalue weighted by Gasteiger charge is -2.14. The summed E-state index contributed by atoms with van der Waals surface area (Å²) >= 11 is 6.65. The van der Waals surface area contributed by atoms with Crippen molar-refractivity contribution in [1.82, 2.24) is 4.57 Å². The van der Waals surface area contributed by atoms with Crippen LogP contribution >= 0.6 is 24.0 Å². The molecule has 1 amide bonds. The van der Waals surface area contributed by atoms with Crippen molar-refractivity contribution < 1.29 is 18.0 Å². The van der Waals surface area contributed by atoms with Crippen molar-refractivity contribution in [3.05, 3.63) is 87.6 Å². The number of hydrogen-bond acceptors (Lipinski definition) is 3. The van der Waals surface area contributed by atoms with E-state index in [4.69, 9.17) is 12.2 Å². The lowest BCUT2D eigenvalue weighted by Crippen LogP contribution is -2.27. The van der Waals surface area contributed by atoms with Crippen molar-refractivity contribution in [1.29, 1.82) is 0 Å². The van der Waals surface area contributed by atoms with E-state index in [2.05, 4.69) is 0 Å². The number of carbonyl (C=O) groups excluding carboxylic acids is 1. The Bertz CT molecular complexity index is 1270. The maximum Gasteiger partial charge on any atom is 0.416 e. The van der Waals surface area contributed by atoms with Crippen LogP contribution in [0.3, 0.4) is 0 Å². The predicted molar refractivity (Wildman–Crippen MR) is 127 cm³/mol. The molecule has 0 N–H and O–H groups in total. The van der Waals surface area contributed by atoms with Crippen molar-refractivity contribution in [3.63, 3.8) is 0 Å². The van der Waals surface area contributed by atoms with Gasteiger partial charge in [0.1, 0.15) is 0 Å². The molecule has 0 bridgehead atoms. The van der Waals surface area contributed by atoms with E-state index in [1.807, 2.05) is 51.1 Å². The minimum atomic E-state index is -4.42. The van der Waals surface area contributed by atoms with Gasteiger partial charge >= 0.3 is 6.18 Å². The summed E-state index contributed by atoms with van der Waals surface area (Å²) in [5.41, 5.74) is 3.70. The molecule has 1 saturated heterocycles. The summed E-state index contributed by atoms with van der Waals surface area (Å²) in [5, 5.41) is 0. The van der Waals surface area contributed by atoms with Crippen molar-refractivity contribution in [2.24, 2.45) is 0 Å². The second kappa shape index (κ2) is 8.26. The molecule has 2 heterocycles. The number of rotatable bonds is 3. The van der Waals surface area contributed by atoms with Gasteiger partial charge in [-0.2, -0.15) is 13.2 Å². The number of hydrogen-bond donors (Lipinski definition) is 0. The lowest BCUT2D eigenvalue weighted by molar-refractivity contribution is -0.137. The van der Waals surface area contributed by atoms with Crippen LogP contribution in [0.1, 0.15) is 28.1 Å². The highest BCUT2D eigenvalue weighted by atomic mass is 32.2. The molecule has 0 saturated carbocycles. The summed E-state index contributed by atoms with van der Waals surface area (Å²) in [4.78, 5) is 15.1. The lowest BCUT2D eigenvalue weighted by atomic mass is 10.2. The van der Waals surface area contributed by atoms with E-state index in [1.54, 1.807) is 16.7 Å². The topological polar surface area (TPSA) is 25.2 Å². The molecule has 8 heteroatoms. The number of halogens is 3. The number of aromatic nitrogens is 1. The molecule has 3 aromatic rings. The molecule has 164 valence electrons. The molecule has 3 nitrogen and oxygen atoms in total. The molecule has 2 aromatic carbocycles. The Hall–Kier alpha value is -2.84.